The van der Waals surface area contributed by atoms with Gasteiger partial charge in [-0.15, -0.1) is 0 Å². The third-order valence-electron chi connectivity index (χ3n) is 4.55. The van der Waals surface area contributed by atoms with E-state index in [1.165, 1.54) is 12.1 Å². The molecule has 148 valence electrons. The first-order valence-corrected chi connectivity index (χ1v) is 9.46. The maximum Gasteiger partial charge on any atom is 0.273 e. The lowest BCUT2D eigenvalue weighted by molar-refractivity contribution is 0.0846. The van der Waals surface area contributed by atoms with E-state index in [-0.39, 0.29) is 11.3 Å². The zero-order chi connectivity index (χ0) is 21.1. The Balaban J connectivity index is 1.67. The van der Waals surface area contributed by atoms with Gasteiger partial charge in [0.05, 0.1) is 22.3 Å². The van der Waals surface area contributed by atoms with Crippen LogP contribution in [0.5, 0.6) is 5.75 Å². The summed E-state index contributed by atoms with van der Waals surface area (Å²) in [5.74, 6) is -1.34. The fourth-order valence-corrected chi connectivity index (χ4v) is 3.32. The third kappa shape index (κ3) is 3.81. The van der Waals surface area contributed by atoms with Crippen molar-refractivity contribution in [1.82, 2.24) is 15.8 Å². The zero-order valence-corrected chi connectivity index (χ0v) is 16.4. The van der Waals surface area contributed by atoms with E-state index in [9.17, 15) is 14.7 Å². The van der Waals surface area contributed by atoms with Gasteiger partial charge in [0.15, 0.2) is 0 Å². The number of carbonyl (C=O) groups excluding carboxylic acids is 2. The molecule has 0 unspecified atom stereocenters. The Hall–Kier alpha value is -3.90. The molecule has 2 amide bonds. The summed E-state index contributed by atoms with van der Waals surface area (Å²) < 4.78 is 0. The van der Waals surface area contributed by atoms with Gasteiger partial charge in [-0.25, -0.2) is 4.98 Å². The van der Waals surface area contributed by atoms with Crippen molar-refractivity contribution < 1.29 is 14.7 Å². The summed E-state index contributed by atoms with van der Waals surface area (Å²) >= 11 is 6.31. The molecule has 3 N–H and O–H groups in total. The molecule has 0 aliphatic rings. The number of aromatic hydroxyl groups is 1. The first-order valence-electron chi connectivity index (χ1n) is 9.08. The van der Waals surface area contributed by atoms with Gasteiger partial charge in [-0.1, -0.05) is 60.1 Å². The number of hydrogen-bond donors (Lipinski definition) is 3. The molecule has 4 rings (SSSR count). The highest BCUT2D eigenvalue weighted by Gasteiger charge is 2.17. The number of nitrogens with zero attached hydrogens (tertiary/aromatic N) is 1. The molecule has 30 heavy (non-hydrogen) atoms. The minimum Gasteiger partial charge on any atom is -0.507 e. The second-order valence-electron chi connectivity index (χ2n) is 6.48. The summed E-state index contributed by atoms with van der Waals surface area (Å²) in [6.45, 7) is 0. The van der Waals surface area contributed by atoms with Crippen molar-refractivity contribution in [3.05, 3.63) is 95.0 Å². The standard InChI is InChI=1S/C23H16ClN3O3/c24-18-10-4-1-8-15(18)20-13-17(14-7-2-5-11-19(14)25-20)23(30)27-26-22(29)16-9-3-6-12-21(16)28/h1-13,28H,(H,26,29)(H,27,30). The maximum atomic E-state index is 12.9. The Kier molecular flexibility index (Phi) is 5.32. The van der Waals surface area contributed by atoms with E-state index in [2.05, 4.69) is 15.8 Å². The van der Waals surface area contributed by atoms with Gasteiger partial charge in [-0.05, 0) is 30.3 Å². The van der Waals surface area contributed by atoms with Crippen molar-refractivity contribution in [2.24, 2.45) is 0 Å². The largest absolute Gasteiger partial charge is 0.507 e. The Morgan fingerprint density at radius 2 is 1.43 bits per heavy atom. The molecule has 0 spiro atoms. The molecule has 0 aliphatic heterocycles. The molecular weight excluding hydrogens is 402 g/mol. The molecular formula is C23H16ClN3O3. The first-order chi connectivity index (χ1) is 14.5. The SMILES string of the molecule is O=C(NNC(=O)c1cc(-c2ccccc2Cl)nc2ccccc12)c1ccccc1O. The van der Waals surface area contributed by atoms with Crippen LogP contribution in [0.3, 0.4) is 0 Å². The second-order valence-corrected chi connectivity index (χ2v) is 6.88. The van der Waals surface area contributed by atoms with Crippen LogP contribution in [0, 0.1) is 0 Å². The molecule has 1 heterocycles. The first kappa shape index (κ1) is 19.4. The summed E-state index contributed by atoms with van der Waals surface area (Å²) in [5, 5.41) is 10.9. The van der Waals surface area contributed by atoms with Crippen molar-refractivity contribution in [3.8, 4) is 17.0 Å². The van der Waals surface area contributed by atoms with Gasteiger partial charge in [0, 0.05) is 16.0 Å². The Bertz CT molecular complexity index is 1270. The number of phenols is 1. The smallest absolute Gasteiger partial charge is 0.273 e. The molecule has 0 radical (unpaired) electrons. The van der Waals surface area contributed by atoms with Crippen molar-refractivity contribution in [3.63, 3.8) is 0 Å². The fourth-order valence-electron chi connectivity index (χ4n) is 3.08. The van der Waals surface area contributed by atoms with Crippen LogP contribution in [-0.4, -0.2) is 21.9 Å². The minimum atomic E-state index is -0.633. The lowest BCUT2D eigenvalue weighted by Crippen LogP contribution is -2.41. The van der Waals surface area contributed by atoms with Gasteiger partial charge in [0.1, 0.15) is 5.75 Å². The number of hydrazine groups is 1. The van der Waals surface area contributed by atoms with Gasteiger partial charge < -0.3 is 5.11 Å². The van der Waals surface area contributed by atoms with Gasteiger partial charge in [0.2, 0.25) is 0 Å². The lowest BCUT2D eigenvalue weighted by atomic mass is 10.0. The van der Waals surface area contributed by atoms with Crippen molar-refractivity contribution >= 4 is 34.3 Å². The number of halogens is 1. The molecule has 0 bridgehead atoms. The number of nitrogens with one attached hydrogen (secondary N) is 2. The van der Waals surface area contributed by atoms with E-state index >= 15 is 0 Å². The molecule has 0 aliphatic carbocycles. The predicted molar refractivity (Wildman–Crippen MR) is 115 cm³/mol. The maximum absolute atomic E-state index is 12.9. The van der Waals surface area contributed by atoms with Crippen molar-refractivity contribution in [1.29, 1.82) is 0 Å². The molecule has 0 fully saturated rings. The molecule has 1 aromatic heterocycles. The van der Waals surface area contributed by atoms with E-state index in [4.69, 9.17) is 11.6 Å². The summed E-state index contributed by atoms with van der Waals surface area (Å²) in [6.07, 6.45) is 0. The molecule has 6 nitrogen and oxygen atoms in total. The molecule has 3 aromatic carbocycles. The van der Waals surface area contributed by atoms with Gasteiger partial charge in [-0.3, -0.25) is 20.4 Å². The Morgan fingerprint density at radius 1 is 0.800 bits per heavy atom. The molecule has 7 heteroatoms. The number of amides is 2. The van der Waals surface area contributed by atoms with Crippen molar-refractivity contribution in [2.75, 3.05) is 0 Å². The monoisotopic (exact) mass is 417 g/mol. The molecule has 0 saturated carbocycles. The fraction of sp³-hybridized carbons (Fsp3) is 0. The molecule has 0 atom stereocenters. The van der Waals surface area contributed by atoms with Crippen LogP contribution in [0.25, 0.3) is 22.2 Å². The normalized spacial score (nSPS) is 10.6. The summed E-state index contributed by atoms with van der Waals surface area (Å²) in [5.41, 5.74) is 6.95. The van der Waals surface area contributed by atoms with Crippen LogP contribution in [0.15, 0.2) is 78.9 Å². The van der Waals surface area contributed by atoms with Crippen LogP contribution in [0.4, 0.5) is 0 Å². The van der Waals surface area contributed by atoms with Crippen molar-refractivity contribution in [2.45, 2.75) is 0 Å². The van der Waals surface area contributed by atoms with Crippen LogP contribution >= 0.6 is 11.6 Å². The van der Waals surface area contributed by atoms with E-state index in [1.54, 1.807) is 42.5 Å². The minimum absolute atomic E-state index is 0.0501. The number of carbonyl (C=O) groups is 2. The van der Waals surface area contributed by atoms with Crippen LogP contribution < -0.4 is 10.9 Å². The summed E-state index contributed by atoms with van der Waals surface area (Å²) in [4.78, 5) is 29.8. The highest BCUT2D eigenvalue weighted by Crippen LogP contribution is 2.29. The van der Waals surface area contributed by atoms with E-state index < -0.39 is 11.8 Å². The molecule has 4 aromatic rings. The van der Waals surface area contributed by atoms with Gasteiger partial charge in [-0.2, -0.15) is 0 Å². The average molecular weight is 418 g/mol. The number of phenolic OH excluding ortho intramolecular Hbond substituents is 1. The Labute approximate surface area is 177 Å². The predicted octanol–water partition coefficient (Wildman–Crippen LogP) is 4.34. The zero-order valence-electron chi connectivity index (χ0n) is 15.6. The number of pyridine rings is 1. The lowest BCUT2D eigenvalue weighted by Gasteiger charge is -2.12. The average Bonchev–Trinajstić information content (AvgIpc) is 2.77. The quantitative estimate of drug-likeness (QED) is 0.432. The Morgan fingerprint density at radius 3 is 2.20 bits per heavy atom. The summed E-state index contributed by atoms with van der Waals surface area (Å²) in [7, 11) is 0. The van der Waals surface area contributed by atoms with E-state index in [0.29, 0.717) is 32.7 Å². The van der Waals surface area contributed by atoms with Crippen LogP contribution in [0.2, 0.25) is 5.02 Å². The number of hydrogen-bond acceptors (Lipinski definition) is 4. The highest BCUT2D eigenvalue weighted by atomic mass is 35.5. The number of benzene rings is 3. The number of fused-ring (bicyclic) bond motifs is 1. The highest BCUT2D eigenvalue weighted by molar-refractivity contribution is 6.33. The number of aromatic nitrogens is 1. The van der Waals surface area contributed by atoms with E-state index in [0.717, 1.165) is 0 Å². The molecule has 0 saturated heterocycles. The summed E-state index contributed by atoms with van der Waals surface area (Å²) in [6, 6.07) is 22.1. The second kappa shape index (κ2) is 8.23. The topological polar surface area (TPSA) is 91.3 Å². The van der Waals surface area contributed by atoms with Gasteiger partial charge in [0.25, 0.3) is 11.8 Å². The van der Waals surface area contributed by atoms with Crippen LogP contribution in [-0.2, 0) is 0 Å². The number of para-hydroxylation sites is 2. The van der Waals surface area contributed by atoms with E-state index in [1.807, 2.05) is 24.3 Å². The van der Waals surface area contributed by atoms with Gasteiger partial charge >= 0.3 is 0 Å². The third-order valence-corrected chi connectivity index (χ3v) is 4.88. The van der Waals surface area contributed by atoms with Crippen LogP contribution in [0.1, 0.15) is 20.7 Å². The number of rotatable bonds is 3.